The lowest BCUT2D eigenvalue weighted by Gasteiger charge is -2.31. The van der Waals surface area contributed by atoms with Crippen LogP contribution in [0.5, 0.6) is 0 Å². The first kappa shape index (κ1) is 14.0. The molecule has 5 heteroatoms. The minimum absolute atomic E-state index is 0.215. The summed E-state index contributed by atoms with van der Waals surface area (Å²) in [6.07, 6.45) is 3.18. The summed E-state index contributed by atoms with van der Waals surface area (Å²) in [5.41, 5.74) is 1.22. The Kier molecular flexibility index (Phi) is 4.38. The van der Waals surface area contributed by atoms with E-state index < -0.39 is 0 Å². The molecule has 1 aromatic heterocycles. The average Bonchev–Trinajstić information content (AvgIpc) is 2.91. The van der Waals surface area contributed by atoms with Crippen LogP contribution in [0.3, 0.4) is 0 Å². The van der Waals surface area contributed by atoms with Gasteiger partial charge in [-0.25, -0.2) is 0 Å². The van der Waals surface area contributed by atoms with Crippen molar-refractivity contribution in [1.82, 2.24) is 10.2 Å². The molecule has 1 amide bonds. The molecule has 20 heavy (non-hydrogen) atoms. The zero-order valence-corrected chi connectivity index (χ0v) is 12.8. The predicted molar refractivity (Wildman–Crippen MR) is 80.2 cm³/mol. The van der Waals surface area contributed by atoms with Crippen molar-refractivity contribution in [3.63, 3.8) is 0 Å². The van der Waals surface area contributed by atoms with Gasteiger partial charge in [-0.1, -0.05) is 0 Å². The second-order valence-corrected chi connectivity index (χ2v) is 6.79. The Bertz CT molecular complexity index is 455. The van der Waals surface area contributed by atoms with E-state index in [1.54, 1.807) is 11.3 Å². The number of hydrogen-bond acceptors (Lipinski definition) is 4. The summed E-state index contributed by atoms with van der Waals surface area (Å²) in [7, 11) is 2.00. The molecule has 3 heterocycles. The van der Waals surface area contributed by atoms with E-state index in [4.69, 9.17) is 4.74 Å². The van der Waals surface area contributed by atoms with Crippen LogP contribution in [-0.2, 0) is 17.8 Å². The topological polar surface area (TPSA) is 41.6 Å². The Balaban J connectivity index is 1.63. The monoisotopic (exact) mass is 294 g/mol. The van der Waals surface area contributed by atoms with Crippen LogP contribution in [0, 0.1) is 5.92 Å². The molecule has 110 valence electrons. The van der Waals surface area contributed by atoms with E-state index >= 15 is 0 Å². The van der Waals surface area contributed by atoms with E-state index in [0.717, 1.165) is 50.4 Å². The molecule has 2 aliphatic rings. The van der Waals surface area contributed by atoms with Gasteiger partial charge in [0.1, 0.15) is 0 Å². The van der Waals surface area contributed by atoms with Crippen molar-refractivity contribution >= 4 is 17.2 Å². The van der Waals surface area contributed by atoms with E-state index in [2.05, 4.69) is 5.32 Å². The van der Waals surface area contributed by atoms with Crippen LogP contribution in [0.25, 0.3) is 0 Å². The Labute approximate surface area is 124 Å². The zero-order valence-electron chi connectivity index (χ0n) is 12.0. The van der Waals surface area contributed by atoms with Crippen molar-refractivity contribution < 1.29 is 9.53 Å². The molecular weight excluding hydrogens is 272 g/mol. The zero-order chi connectivity index (χ0) is 13.9. The lowest BCUT2D eigenvalue weighted by Crippen LogP contribution is -2.40. The maximum absolute atomic E-state index is 12.6. The number of ether oxygens (including phenoxy) is 1. The normalized spacial score (nSPS) is 19.9. The highest BCUT2D eigenvalue weighted by Crippen LogP contribution is 2.29. The minimum Gasteiger partial charge on any atom is -0.376 e. The molecule has 0 radical (unpaired) electrons. The molecule has 3 rings (SSSR count). The third-order valence-electron chi connectivity index (χ3n) is 4.23. The second kappa shape index (κ2) is 6.24. The van der Waals surface area contributed by atoms with Gasteiger partial charge in [-0.15, -0.1) is 11.3 Å². The number of hydrogen-bond donors (Lipinski definition) is 1. The first-order valence-corrected chi connectivity index (χ1v) is 8.23. The highest BCUT2D eigenvalue weighted by molar-refractivity contribution is 7.14. The van der Waals surface area contributed by atoms with Gasteiger partial charge in [-0.05, 0) is 44.0 Å². The molecule has 0 saturated carbocycles. The highest BCUT2D eigenvalue weighted by Gasteiger charge is 2.25. The number of fused-ring (bicyclic) bond motifs is 1. The fraction of sp³-hybridized carbons (Fsp3) is 0.667. The van der Waals surface area contributed by atoms with Gasteiger partial charge in [-0.2, -0.15) is 0 Å². The number of nitrogens with zero attached hydrogens (tertiary/aromatic N) is 1. The van der Waals surface area contributed by atoms with Crippen LogP contribution in [0.4, 0.5) is 0 Å². The van der Waals surface area contributed by atoms with E-state index in [9.17, 15) is 4.79 Å². The minimum atomic E-state index is 0.215. The fourth-order valence-corrected chi connectivity index (χ4v) is 4.15. The number of carbonyl (C=O) groups excluding carboxylic acids is 1. The van der Waals surface area contributed by atoms with Gasteiger partial charge >= 0.3 is 0 Å². The van der Waals surface area contributed by atoms with Gasteiger partial charge in [0.05, 0.1) is 18.1 Å². The number of carbonyl (C=O) groups is 1. The van der Waals surface area contributed by atoms with Crippen molar-refractivity contribution in [3.05, 3.63) is 21.4 Å². The highest BCUT2D eigenvalue weighted by atomic mass is 32.1. The summed E-state index contributed by atoms with van der Waals surface area (Å²) in [4.78, 5) is 16.8. The number of amides is 1. The van der Waals surface area contributed by atoms with Crippen LogP contribution >= 0.6 is 11.3 Å². The molecule has 1 fully saturated rings. The van der Waals surface area contributed by atoms with Crippen molar-refractivity contribution in [3.8, 4) is 0 Å². The fourth-order valence-electron chi connectivity index (χ4n) is 3.04. The maximum atomic E-state index is 12.6. The van der Waals surface area contributed by atoms with Crippen molar-refractivity contribution in [2.45, 2.75) is 25.9 Å². The molecule has 0 atom stereocenters. The number of thiophene rings is 1. The van der Waals surface area contributed by atoms with Crippen LogP contribution in [0.15, 0.2) is 6.07 Å². The van der Waals surface area contributed by atoms with Gasteiger partial charge in [0, 0.05) is 24.4 Å². The number of piperidine rings is 1. The number of likely N-dealkylation sites (tertiary alicyclic amines) is 1. The quantitative estimate of drug-likeness (QED) is 0.925. The molecule has 0 unspecified atom stereocenters. The summed E-state index contributed by atoms with van der Waals surface area (Å²) in [5.74, 6) is 0.932. The predicted octanol–water partition coefficient (Wildman–Crippen LogP) is 1.89. The lowest BCUT2D eigenvalue weighted by atomic mass is 9.97. The van der Waals surface area contributed by atoms with Crippen LogP contribution in [0.1, 0.15) is 33.0 Å². The first-order chi connectivity index (χ1) is 9.78. The molecule has 0 aliphatic carbocycles. The molecule has 1 N–H and O–H groups in total. The Morgan fingerprint density at radius 1 is 1.50 bits per heavy atom. The molecule has 2 aliphatic heterocycles. The summed E-state index contributed by atoms with van der Waals surface area (Å²) >= 11 is 1.66. The van der Waals surface area contributed by atoms with Gasteiger partial charge in [0.15, 0.2) is 0 Å². The third kappa shape index (κ3) is 2.90. The van der Waals surface area contributed by atoms with E-state index in [-0.39, 0.29) is 5.91 Å². The number of nitrogens with one attached hydrogen (secondary N) is 1. The smallest absolute Gasteiger partial charge is 0.263 e. The molecule has 4 nitrogen and oxygen atoms in total. The molecule has 0 bridgehead atoms. The van der Waals surface area contributed by atoms with Crippen molar-refractivity contribution in [2.24, 2.45) is 5.92 Å². The summed E-state index contributed by atoms with van der Waals surface area (Å²) in [6.45, 7) is 4.31. The van der Waals surface area contributed by atoms with Crippen LogP contribution in [0.2, 0.25) is 0 Å². The summed E-state index contributed by atoms with van der Waals surface area (Å²) < 4.78 is 5.45. The van der Waals surface area contributed by atoms with E-state index in [0.29, 0.717) is 12.5 Å². The van der Waals surface area contributed by atoms with Gasteiger partial charge in [0.2, 0.25) is 0 Å². The van der Waals surface area contributed by atoms with Gasteiger partial charge in [0.25, 0.3) is 5.91 Å². The SMILES string of the molecule is CNCC1CCN(C(=O)c2cc3c(s2)CCOC3)CC1. The number of rotatable bonds is 3. The average molecular weight is 294 g/mol. The van der Waals surface area contributed by atoms with Crippen molar-refractivity contribution in [1.29, 1.82) is 0 Å². The summed E-state index contributed by atoms with van der Waals surface area (Å²) in [6, 6.07) is 2.04. The van der Waals surface area contributed by atoms with E-state index in [1.807, 2.05) is 18.0 Å². The first-order valence-electron chi connectivity index (χ1n) is 7.41. The van der Waals surface area contributed by atoms with Gasteiger partial charge < -0.3 is 15.0 Å². The Morgan fingerprint density at radius 2 is 2.30 bits per heavy atom. The molecule has 0 spiro atoms. The molecular formula is C15H22N2O2S. The van der Waals surface area contributed by atoms with Crippen molar-refractivity contribution in [2.75, 3.05) is 33.3 Å². The van der Waals surface area contributed by atoms with Gasteiger partial charge in [-0.3, -0.25) is 4.79 Å². The Morgan fingerprint density at radius 3 is 3.00 bits per heavy atom. The lowest BCUT2D eigenvalue weighted by molar-refractivity contribution is 0.0695. The van der Waals surface area contributed by atoms with E-state index in [1.165, 1.54) is 10.4 Å². The summed E-state index contributed by atoms with van der Waals surface area (Å²) in [5, 5.41) is 3.23. The third-order valence-corrected chi connectivity index (χ3v) is 5.46. The standard InChI is InChI=1S/C15H22N2O2S/c1-16-9-11-2-5-17(6-3-11)15(18)14-8-12-10-19-7-4-13(12)20-14/h8,11,16H,2-7,9-10H2,1H3. The maximum Gasteiger partial charge on any atom is 0.263 e. The molecule has 0 aromatic carbocycles. The molecule has 1 saturated heterocycles. The van der Waals surface area contributed by atoms with Crippen LogP contribution < -0.4 is 5.32 Å². The van der Waals surface area contributed by atoms with Crippen LogP contribution in [-0.4, -0.2) is 44.1 Å². The largest absolute Gasteiger partial charge is 0.376 e. The Hall–Kier alpha value is -0.910. The second-order valence-electron chi connectivity index (χ2n) is 5.65. The molecule has 1 aromatic rings.